The third-order valence-corrected chi connectivity index (χ3v) is 5.24. The summed E-state index contributed by atoms with van der Waals surface area (Å²) in [5.41, 5.74) is 0. The summed E-state index contributed by atoms with van der Waals surface area (Å²) in [4.78, 5) is 11.1. The Morgan fingerprint density at radius 3 is 2.71 bits per heavy atom. The van der Waals surface area contributed by atoms with Crippen molar-refractivity contribution in [2.45, 2.75) is 43.9 Å². The van der Waals surface area contributed by atoms with Gasteiger partial charge in [-0.25, -0.2) is 8.42 Å². The van der Waals surface area contributed by atoms with E-state index in [0.717, 1.165) is 25.8 Å². The Morgan fingerprint density at radius 2 is 2.12 bits per heavy atom. The van der Waals surface area contributed by atoms with Gasteiger partial charge in [0.05, 0.1) is 12.4 Å². The standard InChI is InChI=1S/C11H21NO4S/c1-3-7-12-9-5-4-6-10(9)17(14,15)8-11(13)16-2/h9-10,12H,3-8H2,1-2H3. The molecule has 1 rings (SSSR count). The van der Waals surface area contributed by atoms with E-state index in [1.807, 2.05) is 6.92 Å². The molecule has 0 amide bonds. The summed E-state index contributed by atoms with van der Waals surface area (Å²) >= 11 is 0. The smallest absolute Gasteiger partial charge is 0.320 e. The summed E-state index contributed by atoms with van der Waals surface area (Å²) in [7, 11) is -2.18. The first-order valence-electron chi connectivity index (χ1n) is 6.03. The molecule has 0 bridgehead atoms. The highest BCUT2D eigenvalue weighted by Gasteiger charge is 2.38. The highest BCUT2D eigenvalue weighted by molar-refractivity contribution is 7.92. The molecule has 0 aromatic heterocycles. The molecular weight excluding hydrogens is 242 g/mol. The number of carbonyl (C=O) groups excluding carboxylic acids is 1. The van der Waals surface area contributed by atoms with Crippen molar-refractivity contribution < 1.29 is 17.9 Å². The van der Waals surface area contributed by atoms with Crippen molar-refractivity contribution in [3.05, 3.63) is 0 Å². The van der Waals surface area contributed by atoms with Crippen LogP contribution < -0.4 is 5.32 Å². The van der Waals surface area contributed by atoms with Crippen LogP contribution in [0.5, 0.6) is 0 Å². The monoisotopic (exact) mass is 263 g/mol. The van der Waals surface area contributed by atoms with Gasteiger partial charge in [0.1, 0.15) is 5.75 Å². The first-order valence-corrected chi connectivity index (χ1v) is 7.74. The third kappa shape index (κ3) is 3.96. The molecule has 0 radical (unpaired) electrons. The van der Waals surface area contributed by atoms with Gasteiger partial charge in [-0.15, -0.1) is 0 Å². The molecule has 0 saturated heterocycles. The largest absolute Gasteiger partial charge is 0.468 e. The van der Waals surface area contributed by atoms with Crippen LogP contribution in [0.2, 0.25) is 0 Å². The number of rotatable bonds is 6. The Balaban J connectivity index is 2.65. The molecular formula is C11H21NO4S. The fourth-order valence-electron chi connectivity index (χ4n) is 2.25. The molecule has 2 unspecified atom stereocenters. The molecule has 1 saturated carbocycles. The Labute approximate surface area is 103 Å². The lowest BCUT2D eigenvalue weighted by Gasteiger charge is -2.20. The van der Waals surface area contributed by atoms with Gasteiger partial charge in [-0.05, 0) is 25.8 Å². The number of ether oxygens (including phenoxy) is 1. The Kier molecular flexibility index (Phi) is 5.39. The molecule has 1 aliphatic rings. The molecule has 1 N–H and O–H groups in total. The SMILES string of the molecule is CCCNC1CCCC1S(=O)(=O)CC(=O)OC. The molecule has 0 aromatic rings. The van der Waals surface area contributed by atoms with Crippen LogP contribution in [0, 0.1) is 0 Å². The van der Waals surface area contributed by atoms with E-state index >= 15 is 0 Å². The maximum absolute atomic E-state index is 12.0. The van der Waals surface area contributed by atoms with Gasteiger partial charge in [-0.1, -0.05) is 13.3 Å². The van der Waals surface area contributed by atoms with Crippen molar-refractivity contribution in [1.29, 1.82) is 0 Å². The zero-order chi connectivity index (χ0) is 12.9. The summed E-state index contributed by atoms with van der Waals surface area (Å²) in [6.45, 7) is 2.86. The number of esters is 1. The van der Waals surface area contributed by atoms with E-state index < -0.39 is 26.8 Å². The Morgan fingerprint density at radius 1 is 1.41 bits per heavy atom. The van der Waals surface area contributed by atoms with Crippen molar-refractivity contribution in [2.24, 2.45) is 0 Å². The van der Waals surface area contributed by atoms with Crippen LogP contribution in [0.4, 0.5) is 0 Å². The molecule has 6 heteroatoms. The predicted octanol–water partition coefficient (Wildman–Crippen LogP) is 0.495. The van der Waals surface area contributed by atoms with Crippen LogP contribution in [0.25, 0.3) is 0 Å². The molecule has 5 nitrogen and oxygen atoms in total. The molecule has 0 spiro atoms. The maximum Gasteiger partial charge on any atom is 0.320 e. The van der Waals surface area contributed by atoms with Crippen LogP contribution in [0.15, 0.2) is 0 Å². The second-order valence-electron chi connectivity index (χ2n) is 4.41. The minimum Gasteiger partial charge on any atom is -0.468 e. The Hall–Kier alpha value is -0.620. The number of hydrogen-bond acceptors (Lipinski definition) is 5. The van der Waals surface area contributed by atoms with Crippen molar-refractivity contribution in [1.82, 2.24) is 5.32 Å². The minimum atomic E-state index is -3.39. The molecule has 0 aliphatic heterocycles. The molecule has 17 heavy (non-hydrogen) atoms. The summed E-state index contributed by atoms with van der Waals surface area (Å²) in [6, 6.07) is -0.00962. The second kappa shape index (κ2) is 6.35. The zero-order valence-corrected chi connectivity index (χ0v) is 11.3. The third-order valence-electron chi connectivity index (χ3n) is 3.12. The minimum absolute atomic E-state index is 0.00962. The van der Waals surface area contributed by atoms with Crippen molar-refractivity contribution in [2.75, 3.05) is 19.4 Å². The molecule has 2 atom stereocenters. The van der Waals surface area contributed by atoms with Gasteiger partial charge in [0, 0.05) is 6.04 Å². The molecule has 100 valence electrons. The van der Waals surface area contributed by atoms with Crippen LogP contribution in [-0.4, -0.2) is 45.1 Å². The Bertz CT molecular complexity index is 352. The number of sulfone groups is 1. The summed E-state index contributed by atoms with van der Waals surface area (Å²) in [5.74, 6) is -1.18. The topological polar surface area (TPSA) is 72.5 Å². The summed E-state index contributed by atoms with van der Waals surface area (Å²) in [6.07, 6.45) is 3.37. The van der Waals surface area contributed by atoms with Crippen molar-refractivity contribution in [3.8, 4) is 0 Å². The molecule has 1 aliphatic carbocycles. The maximum atomic E-state index is 12.0. The average Bonchev–Trinajstić information content (AvgIpc) is 2.74. The quantitative estimate of drug-likeness (QED) is 0.706. The summed E-state index contributed by atoms with van der Waals surface area (Å²) < 4.78 is 28.5. The van der Waals surface area contributed by atoms with E-state index in [1.165, 1.54) is 7.11 Å². The highest BCUT2D eigenvalue weighted by atomic mass is 32.2. The van der Waals surface area contributed by atoms with E-state index in [4.69, 9.17) is 0 Å². The molecule has 1 fully saturated rings. The van der Waals surface area contributed by atoms with Crippen LogP contribution >= 0.6 is 0 Å². The van der Waals surface area contributed by atoms with Crippen LogP contribution in [-0.2, 0) is 19.4 Å². The number of carbonyl (C=O) groups is 1. The lowest BCUT2D eigenvalue weighted by atomic mass is 10.2. The van der Waals surface area contributed by atoms with Gasteiger partial charge in [-0.2, -0.15) is 0 Å². The van der Waals surface area contributed by atoms with E-state index in [-0.39, 0.29) is 6.04 Å². The average molecular weight is 263 g/mol. The second-order valence-corrected chi connectivity index (χ2v) is 6.63. The van der Waals surface area contributed by atoms with Crippen molar-refractivity contribution in [3.63, 3.8) is 0 Å². The van der Waals surface area contributed by atoms with E-state index in [9.17, 15) is 13.2 Å². The van der Waals surface area contributed by atoms with Gasteiger partial charge in [-0.3, -0.25) is 4.79 Å². The first-order chi connectivity index (χ1) is 8.01. The van der Waals surface area contributed by atoms with E-state index in [2.05, 4.69) is 10.1 Å². The van der Waals surface area contributed by atoms with E-state index in [0.29, 0.717) is 6.42 Å². The van der Waals surface area contributed by atoms with Crippen molar-refractivity contribution >= 4 is 15.8 Å². The lowest BCUT2D eigenvalue weighted by Crippen LogP contribution is -2.42. The number of hydrogen-bond donors (Lipinski definition) is 1. The lowest BCUT2D eigenvalue weighted by molar-refractivity contribution is -0.137. The summed E-state index contributed by atoms with van der Waals surface area (Å²) in [5, 5.41) is 2.81. The fraction of sp³-hybridized carbons (Fsp3) is 0.909. The molecule has 0 heterocycles. The van der Waals surface area contributed by atoms with Gasteiger partial charge < -0.3 is 10.1 Å². The van der Waals surface area contributed by atoms with Gasteiger partial charge in [0.2, 0.25) is 0 Å². The zero-order valence-electron chi connectivity index (χ0n) is 10.4. The van der Waals surface area contributed by atoms with Gasteiger partial charge in [0.15, 0.2) is 9.84 Å². The number of nitrogens with one attached hydrogen (secondary N) is 1. The normalized spacial score (nSPS) is 24.8. The van der Waals surface area contributed by atoms with Gasteiger partial charge in [0.25, 0.3) is 0 Å². The van der Waals surface area contributed by atoms with Crippen LogP contribution in [0.3, 0.4) is 0 Å². The fourth-order valence-corrected chi connectivity index (χ4v) is 4.17. The molecule has 0 aromatic carbocycles. The highest BCUT2D eigenvalue weighted by Crippen LogP contribution is 2.26. The van der Waals surface area contributed by atoms with Gasteiger partial charge >= 0.3 is 5.97 Å². The number of methoxy groups -OCH3 is 1. The van der Waals surface area contributed by atoms with Crippen LogP contribution in [0.1, 0.15) is 32.6 Å². The first kappa shape index (κ1) is 14.4. The predicted molar refractivity (Wildman–Crippen MR) is 65.5 cm³/mol. The van der Waals surface area contributed by atoms with E-state index in [1.54, 1.807) is 0 Å².